The van der Waals surface area contributed by atoms with Crippen molar-refractivity contribution in [3.63, 3.8) is 0 Å². The molecule has 0 fully saturated rings. The van der Waals surface area contributed by atoms with E-state index < -0.39 is 0 Å². The van der Waals surface area contributed by atoms with Crippen LogP contribution in [-0.4, -0.2) is 19.9 Å². The Bertz CT molecular complexity index is 498. The van der Waals surface area contributed by atoms with Crippen LogP contribution in [0, 0.1) is 0 Å². The van der Waals surface area contributed by atoms with E-state index in [1.807, 2.05) is 12.4 Å². The summed E-state index contributed by atoms with van der Waals surface area (Å²) < 4.78 is 0. The molecule has 0 unspecified atom stereocenters. The number of aromatic amines is 1. The van der Waals surface area contributed by atoms with Gasteiger partial charge in [-0.2, -0.15) is 0 Å². The molecule has 1 aliphatic rings. The number of imidazole rings is 1. The lowest BCUT2D eigenvalue weighted by Gasteiger charge is -2.11. The zero-order valence-corrected chi connectivity index (χ0v) is 8.14. The predicted molar refractivity (Wildman–Crippen MR) is 56.0 cm³/mol. The van der Waals surface area contributed by atoms with E-state index in [4.69, 9.17) is 0 Å². The fraction of sp³-hybridized carbons (Fsp3) is 0.182. The normalized spacial score (nSPS) is 14.5. The third-order valence-corrected chi connectivity index (χ3v) is 2.59. The molecule has 0 aliphatic heterocycles. The van der Waals surface area contributed by atoms with Crippen LogP contribution in [0.15, 0.2) is 31.1 Å². The summed E-state index contributed by atoms with van der Waals surface area (Å²) in [5, 5.41) is 0. The van der Waals surface area contributed by atoms with Crippen LogP contribution in [-0.2, 0) is 6.42 Å². The number of nitrogens with zero attached hydrogens (tertiary/aromatic N) is 3. The Balaban J connectivity index is 2.12. The minimum absolute atomic E-state index is 1.03. The van der Waals surface area contributed by atoms with E-state index in [1.165, 1.54) is 5.69 Å². The highest BCUT2D eigenvalue weighted by molar-refractivity contribution is 5.79. The number of nitrogens with one attached hydrogen (secondary N) is 1. The molecule has 0 spiro atoms. The molecule has 2 aromatic heterocycles. The number of allylic oxidation sites excluding steroid dienone is 1. The average molecular weight is 198 g/mol. The van der Waals surface area contributed by atoms with Crippen molar-refractivity contribution in [2.45, 2.75) is 12.8 Å². The van der Waals surface area contributed by atoms with E-state index in [0.29, 0.717) is 0 Å². The van der Waals surface area contributed by atoms with Crippen molar-refractivity contribution in [1.29, 1.82) is 0 Å². The van der Waals surface area contributed by atoms with Crippen molar-refractivity contribution in [1.82, 2.24) is 19.9 Å². The molecule has 1 N–H and O–H groups in total. The fourth-order valence-corrected chi connectivity index (χ4v) is 1.89. The van der Waals surface area contributed by atoms with Crippen LogP contribution in [0.1, 0.15) is 23.4 Å². The lowest BCUT2D eigenvalue weighted by atomic mass is 9.96. The van der Waals surface area contributed by atoms with Crippen LogP contribution in [0.4, 0.5) is 0 Å². The molecule has 0 saturated carbocycles. The summed E-state index contributed by atoms with van der Waals surface area (Å²) in [6.07, 6.45) is 11.2. The first-order valence-corrected chi connectivity index (χ1v) is 4.93. The van der Waals surface area contributed by atoms with Crippen LogP contribution in [0.5, 0.6) is 0 Å². The quantitative estimate of drug-likeness (QED) is 0.756. The van der Waals surface area contributed by atoms with Gasteiger partial charge in [0.15, 0.2) is 0 Å². The average Bonchev–Trinajstić information content (AvgIpc) is 2.78. The number of aryl methyl sites for hydroxylation is 1. The summed E-state index contributed by atoms with van der Waals surface area (Å²) >= 11 is 0. The number of fused-ring (bicyclic) bond motifs is 1. The Morgan fingerprint density at radius 1 is 1.20 bits per heavy atom. The van der Waals surface area contributed by atoms with E-state index in [2.05, 4.69) is 26.0 Å². The van der Waals surface area contributed by atoms with Gasteiger partial charge in [0, 0.05) is 29.2 Å². The van der Waals surface area contributed by atoms with E-state index in [9.17, 15) is 0 Å². The topological polar surface area (TPSA) is 54.5 Å². The first kappa shape index (κ1) is 8.35. The number of H-pyrrole nitrogens is 1. The van der Waals surface area contributed by atoms with E-state index in [0.717, 1.165) is 29.7 Å². The molecule has 0 bridgehead atoms. The first-order chi connectivity index (χ1) is 7.45. The van der Waals surface area contributed by atoms with E-state index >= 15 is 0 Å². The molecule has 0 amide bonds. The molecule has 3 rings (SSSR count). The van der Waals surface area contributed by atoms with Gasteiger partial charge in [-0.1, -0.05) is 6.08 Å². The maximum absolute atomic E-state index is 4.34. The highest BCUT2D eigenvalue weighted by Crippen LogP contribution is 2.28. The number of rotatable bonds is 1. The van der Waals surface area contributed by atoms with Gasteiger partial charge in [-0.25, -0.2) is 15.0 Å². The Kier molecular flexibility index (Phi) is 1.84. The van der Waals surface area contributed by atoms with Crippen molar-refractivity contribution >= 4 is 5.57 Å². The largest absolute Gasteiger partial charge is 0.348 e. The van der Waals surface area contributed by atoms with Gasteiger partial charge in [0.2, 0.25) is 0 Å². The van der Waals surface area contributed by atoms with Gasteiger partial charge >= 0.3 is 0 Å². The number of aromatic nitrogens is 4. The summed E-state index contributed by atoms with van der Waals surface area (Å²) in [5.74, 6) is 0. The molecular weight excluding hydrogens is 188 g/mol. The van der Waals surface area contributed by atoms with Crippen molar-refractivity contribution in [2.75, 3.05) is 0 Å². The lowest BCUT2D eigenvalue weighted by molar-refractivity contribution is 0.935. The second kappa shape index (κ2) is 3.31. The summed E-state index contributed by atoms with van der Waals surface area (Å²) in [6.45, 7) is 0. The predicted octanol–water partition coefficient (Wildman–Crippen LogP) is 1.58. The minimum Gasteiger partial charge on any atom is -0.348 e. The maximum atomic E-state index is 4.34. The second-order valence-electron chi connectivity index (χ2n) is 3.51. The van der Waals surface area contributed by atoms with E-state index in [1.54, 1.807) is 12.7 Å². The molecule has 15 heavy (non-hydrogen) atoms. The first-order valence-electron chi connectivity index (χ1n) is 4.93. The summed E-state index contributed by atoms with van der Waals surface area (Å²) in [5.41, 5.74) is 4.41. The van der Waals surface area contributed by atoms with Crippen molar-refractivity contribution < 1.29 is 0 Å². The smallest absolute Gasteiger partial charge is 0.115 e. The van der Waals surface area contributed by atoms with Gasteiger partial charge in [0.1, 0.15) is 6.33 Å². The Morgan fingerprint density at radius 2 is 2.07 bits per heavy atom. The number of hydrogen-bond acceptors (Lipinski definition) is 3. The minimum atomic E-state index is 1.03. The summed E-state index contributed by atoms with van der Waals surface area (Å²) in [6, 6.07) is 0. The molecule has 0 radical (unpaired) electrons. The molecule has 74 valence electrons. The highest BCUT2D eigenvalue weighted by atomic mass is 14.9. The molecule has 0 atom stereocenters. The monoisotopic (exact) mass is 198 g/mol. The molecule has 2 heterocycles. The maximum Gasteiger partial charge on any atom is 0.115 e. The Morgan fingerprint density at radius 3 is 2.93 bits per heavy atom. The van der Waals surface area contributed by atoms with Gasteiger partial charge in [-0.15, -0.1) is 0 Å². The van der Waals surface area contributed by atoms with Crippen LogP contribution in [0.25, 0.3) is 5.57 Å². The molecular formula is C11H10N4. The molecule has 1 aliphatic carbocycles. The molecule has 0 saturated heterocycles. The van der Waals surface area contributed by atoms with Crippen molar-refractivity contribution in [3.8, 4) is 0 Å². The fourth-order valence-electron chi connectivity index (χ4n) is 1.89. The van der Waals surface area contributed by atoms with Crippen LogP contribution < -0.4 is 0 Å². The molecule has 4 nitrogen and oxygen atoms in total. The van der Waals surface area contributed by atoms with Crippen LogP contribution in [0.2, 0.25) is 0 Å². The van der Waals surface area contributed by atoms with Gasteiger partial charge < -0.3 is 4.98 Å². The zero-order valence-electron chi connectivity index (χ0n) is 8.14. The Hall–Kier alpha value is -1.97. The van der Waals surface area contributed by atoms with E-state index in [-0.39, 0.29) is 0 Å². The van der Waals surface area contributed by atoms with Gasteiger partial charge in [0.05, 0.1) is 12.0 Å². The third-order valence-electron chi connectivity index (χ3n) is 2.59. The summed E-state index contributed by atoms with van der Waals surface area (Å²) in [7, 11) is 0. The molecule has 4 heteroatoms. The molecule has 2 aromatic rings. The zero-order chi connectivity index (χ0) is 10.1. The van der Waals surface area contributed by atoms with Crippen molar-refractivity contribution in [3.05, 3.63) is 48.1 Å². The lowest BCUT2D eigenvalue weighted by Crippen LogP contribution is -2.00. The van der Waals surface area contributed by atoms with Gasteiger partial charge in [-0.05, 0) is 12.8 Å². The SMILES string of the molecule is C1=C(c2cncnc2)c2nc[nH]c2CC1. The second-order valence-corrected chi connectivity index (χ2v) is 3.51. The number of hydrogen-bond donors (Lipinski definition) is 1. The Labute approximate surface area is 87.1 Å². The highest BCUT2D eigenvalue weighted by Gasteiger charge is 2.16. The van der Waals surface area contributed by atoms with Crippen LogP contribution >= 0.6 is 0 Å². The third kappa shape index (κ3) is 1.34. The molecule has 0 aromatic carbocycles. The van der Waals surface area contributed by atoms with Crippen molar-refractivity contribution in [2.24, 2.45) is 0 Å². The standard InChI is InChI=1S/C11H10N4/c1-2-9(8-4-12-6-13-5-8)11-10(3-1)14-7-15-11/h2,4-7H,1,3H2,(H,14,15). The van der Waals surface area contributed by atoms with Crippen LogP contribution in [0.3, 0.4) is 0 Å². The van der Waals surface area contributed by atoms with Gasteiger partial charge in [-0.3, -0.25) is 0 Å². The summed E-state index contributed by atoms with van der Waals surface area (Å²) in [4.78, 5) is 15.6. The van der Waals surface area contributed by atoms with Gasteiger partial charge in [0.25, 0.3) is 0 Å².